The first-order valence-electron chi connectivity index (χ1n) is 5.10. The molecular weight excluding hydrogens is 184 g/mol. The van der Waals surface area contributed by atoms with Crippen LogP contribution in [-0.2, 0) is 0 Å². The standard InChI is InChI=1S/C8H13F2N.C3H8/c1-6(2)7(11)3-4-8(9,10)5-7;1-3-2/h1,3-5,11H2,2H3;3H2,1-2H3. The molecule has 0 aromatic carbocycles. The maximum Gasteiger partial charge on any atom is 0.250 e. The van der Waals surface area contributed by atoms with Crippen LogP contribution in [0.3, 0.4) is 0 Å². The van der Waals surface area contributed by atoms with Crippen molar-refractivity contribution in [1.29, 1.82) is 0 Å². The second-order valence-corrected chi connectivity index (χ2v) is 4.18. The molecular formula is C11H21F2N. The van der Waals surface area contributed by atoms with E-state index in [1.54, 1.807) is 6.92 Å². The van der Waals surface area contributed by atoms with Crippen LogP contribution in [0.5, 0.6) is 0 Å². The zero-order valence-corrected chi connectivity index (χ0v) is 9.37. The van der Waals surface area contributed by atoms with E-state index in [2.05, 4.69) is 20.4 Å². The smallest absolute Gasteiger partial charge is 0.250 e. The largest absolute Gasteiger partial charge is 0.321 e. The Labute approximate surface area is 85.4 Å². The molecule has 0 amide bonds. The number of hydrogen-bond acceptors (Lipinski definition) is 1. The molecule has 1 nitrogen and oxygen atoms in total. The average Bonchev–Trinajstić information content (AvgIpc) is 2.28. The van der Waals surface area contributed by atoms with Crippen LogP contribution in [0.25, 0.3) is 0 Å². The zero-order valence-electron chi connectivity index (χ0n) is 9.37. The molecule has 0 saturated heterocycles. The maximum absolute atomic E-state index is 12.7. The molecule has 2 N–H and O–H groups in total. The zero-order chi connectivity index (χ0) is 11.4. The van der Waals surface area contributed by atoms with Gasteiger partial charge in [-0.05, 0) is 13.3 Å². The molecule has 3 heteroatoms. The molecule has 14 heavy (non-hydrogen) atoms. The SMILES string of the molecule is C=C(C)C1(N)CCC(F)(F)C1.CCC. The van der Waals surface area contributed by atoms with Gasteiger partial charge in [-0.2, -0.15) is 0 Å². The van der Waals surface area contributed by atoms with Crippen LogP contribution >= 0.6 is 0 Å². The summed E-state index contributed by atoms with van der Waals surface area (Å²) < 4.78 is 25.4. The van der Waals surface area contributed by atoms with Gasteiger partial charge in [-0.15, -0.1) is 0 Å². The molecule has 0 heterocycles. The molecule has 1 rings (SSSR count). The molecule has 0 radical (unpaired) electrons. The van der Waals surface area contributed by atoms with Gasteiger partial charge in [-0.25, -0.2) is 8.78 Å². The van der Waals surface area contributed by atoms with E-state index in [0.29, 0.717) is 12.0 Å². The second-order valence-electron chi connectivity index (χ2n) is 4.18. The first kappa shape index (κ1) is 13.6. The number of hydrogen-bond donors (Lipinski definition) is 1. The molecule has 0 aliphatic heterocycles. The van der Waals surface area contributed by atoms with Crippen molar-refractivity contribution in [3.05, 3.63) is 12.2 Å². The highest BCUT2D eigenvalue weighted by molar-refractivity contribution is 5.17. The monoisotopic (exact) mass is 205 g/mol. The van der Waals surface area contributed by atoms with Crippen molar-refractivity contribution in [2.24, 2.45) is 5.73 Å². The molecule has 84 valence electrons. The van der Waals surface area contributed by atoms with Gasteiger partial charge in [0.1, 0.15) is 0 Å². The Morgan fingerprint density at radius 3 is 1.93 bits per heavy atom. The quantitative estimate of drug-likeness (QED) is 0.651. The van der Waals surface area contributed by atoms with Gasteiger partial charge in [0.2, 0.25) is 5.92 Å². The fourth-order valence-corrected chi connectivity index (χ4v) is 1.41. The first-order valence-corrected chi connectivity index (χ1v) is 5.10. The van der Waals surface area contributed by atoms with Crippen LogP contribution in [0.15, 0.2) is 12.2 Å². The minimum absolute atomic E-state index is 0.101. The van der Waals surface area contributed by atoms with Gasteiger partial charge in [0.15, 0.2) is 0 Å². The van der Waals surface area contributed by atoms with E-state index in [4.69, 9.17) is 5.73 Å². The molecule has 1 atom stereocenters. The van der Waals surface area contributed by atoms with Crippen LogP contribution in [0.1, 0.15) is 46.5 Å². The van der Waals surface area contributed by atoms with Crippen LogP contribution in [0, 0.1) is 0 Å². The third-order valence-electron chi connectivity index (χ3n) is 2.36. The van der Waals surface area contributed by atoms with Crippen molar-refractivity contribution in [2.75, 3.05) is 0 Å². The molecule has 0 aromatic rings. The van der Waals surface area contributed by atoms with E-state index in [9.17, 15) is 8.78 Å². The lowest BCUT2D eigenvalue weighted by Crippen LogP contribution is -2.38. The van der Waals surface area contributed by atoms with Crippen LogP contribution in [0.2, 0.25) is 0 Å². The lowest BCUT2D eigenvalue weighted by Gasteiger charge is -2.23. The number of rotatable bonds is 1. The molecule has 0 spiro atoms. The summed E-state index contributed by atoms with van der Waals surface area (Å²) in [6.07, 6.45) is 1.26. The first-order chi connectivity index (χ1) is 6.27. The second kappa shape index (κ2) is 4.87. The Morgan fingerprint density at radius 1 is 1.36 bits per heavy atom. The Morgan fingerprint density at radius 2 is 1.79 bits per heavy atom. The fraction of sp³-hybridized carbons (Fsp3) is 0.818. The summed E-state index contributed by atoms with van der Waals surface area (Å²) in [7, 11) is 0. The van der Waals surface area contributed by atoms with Crippen molar-refractivity contribution in [1.82, 2.24) is 0 Å². The predicted molar refractivity (Wildman–Crippen MR) is 56.5 cm³/mol. The topological polar surface area (TPSA) is 26.0 Å². The fourth-order valence-electron chi connectivity index (χ4n) is 1.41. The summed E-state index contributed by atoms with van der Waals surface area (Å²) in [4.78, 5) is 0. The van der Waals surface area contributed by atoms with E-state index in [1.165, 1.54) is 6.42 Å². The molecule has 0 bridgehead atoms. The van der Waals surface area contributed by atoms with Gasteiger partial charge in [0.25, 0.3) is 0 Å². The molecule has 1 fully saturated rings. The van der Waals surface area contributed by atoms with Gasteiger partial charge in [-0.1, -0.05) is 32.4 Å². The Bertz CT molecular complexity index is 201. The van der Waals surface area contributed by atoms with Crippen LogP contribution in [0.4, 0.5) is 8.78 Å². The third kappa shape index (κ3) is 3.74. The highest BCUT2D eigenvalue weighted by Gasteiger charge is 2.47. The van der Waals surface area contributed by atoms with Crippen molar-refractivity contribution in [3.63, 3.8) is 0 Å². The lowest BCUT2D eigenvalue weighted by atomic mass is 9.91. The molecule has 1 saturated carbocycles. The lowest BCUT2D eigenvalue weighted by molar-refractivity contribution is 0.00490. The number of nitrogens with two attached hydrogens (primary N) is 1. The number of alkyl halides is 2. The molecule has 1 aliphatic rings. The van der Waals surface area contributed by atoms with E-state index in [1.807, 2.05) is 0 Å². The van der Waals surface area contributed by atoms with Crippen molar-refractivity contribution in [3.8, 4) is 0 Å². The molecule has 1 aliphatic carbocycles. The highest BCUT2D eigenvalue weighted by Crippen LogP contribution is 2.42. The number of halogens is 2. The van der Waals surface area contributed by atoms with Crippen LogP contribution < -0.4 is 5.73 Å². The minimum Gasteiger partial charge on any atom is -0.321 e. The average molecular weight is 205 g/mol. The normalized spacial score (nSPS) is 29.3. The third-order valence-corrected chi connectivity index (χ3v) is 2.36. The van der Waals surface area contributed by atoms with E-state index >= 15 is 0 Å². The van der Waals surface area contributed by atoms with Crippen LogP contribution in [-0.4, -0.2) is 11.5 Å². The summed E-state index contributed by atoms with van der Waals surface area (Å²) >= 11 is 0. The predicted octanol–water partition coefficient (Wildman–Crippen LogP) is 3.50. The van der Waals surface area contributed by atoms with Crippen molar-refractivity contribution >= 4 is 0 Å². The summed E-state index contributed by atoms with van der Waals surface area (Å²) in [5.41, 5.74) is 5.54. The Hall–Kier alpha value is -0.440. The van der Waals surface area contributed by atoms with Gasteiger partial charge in [0.05, 0.1) is 0 Å². The van der Waals surface area contributed by atoms with E-state index < -0.39 is 11.5 Å². The Kier molecular flexibility index (Phi) is 4.72. The van der Waals surface area contributed by atoms with Crippen molar-refractivity contribution in [2.45, 2.75) is 57.9 Å². The van der Waals surface area contributed by atoms with Gasteiger partial charge < -0.3 is 5.73 Å². The molecule has 0 aromatic heterocycles. The highest BCUT2D eigenvalue weighted by atomic mass is 19.3. The van der Waals surface area contributed by atoms with Gasteiger partial charge in [-0.3, -0.25) is 0 Å². The Balaban J connectivity index is 0.000000500. The van der Waals surface area contributed by atoms with Gasteiger partial charge in [0, 0.05) is 18.4 Å². The molecule has 1 unspecified atom stereocenters. The summed E-state index contributed by atoms with van der Waals surface area (Å²) in [5.74, 6) is -2.58. The minimum atomic E-state index is -2.58. The van der Waals surface area contributed by atoms with Crippen molar-refractivity contribution < 1.29 is 8.78 Å². The van der Waals surface area contributed by atoms with E-state index in [0.717, 1.165) is 0 Å². The summed E-state index contributed by atoms with van der Waals surface area (Å²) in [6.45, 7) is 9.58. The summed E-state index contributed by atoms with van der Waals surface area (Å²) in [6, 6.07) is 0. The van der Waals surface area contributed by atoms with Gasteiger partial charge >= 0.3 is 0 Å². The van der Waals surface area contributed by atoms with E-state index in [-0.39, 0.29) is 12.8 Å². The summed E-state index contributed by atoms with van der Waals surface area (Å²) in [5, 5.41) is 0. The maximum atomic E-state index is 12.7.